The molecule has 1 nitrogen and oxygen atoms in total. The molecule has 1 aliphatic carbocycles. The van der Waals surface area contributed by atoms with Gasteiger partial charge >= 0.3 is 0 Å². The molecular formula is C21H40OSi. The van der Waals surface area contributed by atoms with Gasteiger partial charge in [-0.15, -0.1) is 0 Å². The molecule has 0 heterocycles. The minimum absolute atomic E-state index is 0.140. The molecule has 0 aliphatic heterocycles. The van der Waals surface area contributed by atoms with Crippen molar-refractivity contribution in [1.29, 1.82) is 0 Å². The SMILES string of the molecule is CCCCCCCC[C@H](O)[C@@H]1CC/C(=C\[Si](C)(C)C)C1=C(C)C. The van der Waals surface area contributed by atoms with Gasteiger partial charge in [0, 0.05) is 5.92 Å². The van der Waals surface area contributed by atoms with Crippen LogP contribution < -0.4 is 0 Å². The normalized spacial score (nSPS) is 22.0. The van der Waals surface area contributed by atoms with E-state index >= 15 is 0 Å². The molecule has 0 saturated heterocycles. The third kappa shape index (κ3) is 7.39. The van der Waals surface area contributed by atoms with Crippen LogP contribution in [0.2, 0.25) is 19.6 Å². The van der Waals surface area contributed by atoms with Gasteiger partial charge in [-0.2, -0.15) is 0 Å². The number of rotatable bonds is 9. The van der Waals surface area contributed by atoms with Crippen molar-refractivity contribution >= 4 is 8.07 Å². The molecule has 1 rings (SSSR count). The molecule has 23 heavy (non-hydrogen) atoms. The number of allylic oxidation sites excluding steroid dienone is 2. The predicted octanol–water partition coefficient (Wildman–Crippen LogP) is 6.65. The van der Waals surface area contributed by atoms with Crippen LogP contribution in [0.15, 0.2) is 22.4 Å². The van der Waals surface area contributed by atoms with Crippen molar-refractivity contribution in [3.8, 4) is 0 Å². The third-order valence-corrected chi connectivity index (χ3v) is 6.12. The number of aliphatic hydroxyl groups is 1. The Morgan fingerprint density at radius 1 is 1.13 bits per heavy atom. The Labute approximate surface area is 146 Å². The molecule has 134 valence electrons. The van der Waals surface area contributed by atoms with Gasteiger partial charge in [0.15, 0.2) is 0 Å². The maximum atomic E-state index is 10.7. The average Bonchev–Trinajstić information content (AvgIpc) is 2.84. The second kappa shape index (κ2) is 9.83. The van der Waals surface area contributed by atoms with Crippen LogP contribution in [0.5, 0.6) is 0 Å². The van der Waals surface area contributed by atoms with Crippen molar-refractivity contribution in [2.24, 2.45) is 5.92 Å². The van der Waals surface area contributed by atoms with E-state index in [1.54, 1.807) is 5.57 Å². The largest absolute Gasteiger partial charge is 0.392 e. The van der Waals surface area contributed by atoms with Crippen LogP contribution in [-0.4, -0.2) is 19.3 Å². The van der Waals surface area contributed by atoms with Crippen LogP contribution in [0.1, 0.15) is 78.6 Å². The summed E-state index contributed by atoms with van der Waals surface area (Å²) in [4.78, 5) is 0. The fourth-order valence-electron chi connectivity index (χ4n) is 3.91. The number of hydrogen-bond acceptors (Lipinski definition) is 1. The molecule has 0 radical (unpaired) electrons. The van der Waals surface area contributed by atoms with E-state index in [-0.39, 0.29) is 6.10 Å². The lowest BCUT2D eigenvalue weighted by atomic mass is 9.89. The van der Waals surface area contributed by atoms with Crippen molar-refractivity contribution in [1.82, 2.24) is 0 Å². The first kappa shape index (κ1) is 20.7. The summed E-state index contributed by atoms with van der Waals surface area (Å²) in [6.07, 6.45) is 11.0. The van der Waals surface area contributed by atoms with Gasteiger partial charge in [-0.3, -0.25) is 0 Å². The van der Waals surface area contributed by atoms with Gasteiger partial charge in [0.1, 0.15) is 0 Å². The zero-order valence-corrected chi connectivity index (χ0v) is 17.5. The highest BCUT2D eigenvalue weighted by molar-refractivity contribution is 6.81. The fraction of sp³-hybridized carbons (Fsp3) is 0.810. The Morgan fingerprint density at radius 3 is 2.30 bits per heavy atom. The summed E-state index contributed by atoms with van der Waals surface area (Å²) in [7, 11) is -1.20. The molecule has 1 fully saturated rings. The van der Waals surface area contributed by atoms with Gasteiger partial charge in [-0.1, -0.05) is 81.9 Å². The monoisotopic (exact) mass is 336 g/mol. The van der Waals surface area contributed by atoms with E-state index in [0.717, 1.165) is 12.8 Å². The van der Waals surface area contributed by atoms with Crippen LogP contribution >= 0.6 is 0 Å². The third-order valence-electron chi connectivity index (χ3n) is 4.91. The average molecular weight is 337 g/mol. The summed E-state index contributed by atoms with van der Waals surface area (Å²) >= 11 is 0. The van der Waals surface area contributed by atoms with Crippen molar-refractivity contribution < 1.29 is 5.11 Å². The molecule has 2 atom stereocenters. The van der Waals surface area contributed by atoms with E-state index in [0.29, 0.717) is 5.92 Å². The fourth-order valence-corrected chi connectivity index (χ4v) is 5.26. The Morgan fingerprint density at radius 2 is 1.74 bits per heavy atom. The molecule has 0 aromatic heterocycles. The van der Waals surface area contributed by atoms with Gasteiger partial charge in [-0.05, 0) is 38.7 Å². The Balaban J connectivity index is 2.59. The van der Waals surface area contributed by atoms with E-state index in [1.807, 2.05) is 0 Å². The lowest BCUT2D eigenvalue weighted by molar-refractivity contribution is 0.114. The van der Waals surface area contributed by atoms with Crippen molar-refractivity contribution in [3.05, 3.63) is 22.4 Å². The first-order chi connectivity index (χ1) is 10.8. The van der Waals surface area contributed by atoms with Crippen molar-refractivity contribution in [2.45, 2.75) is 104 Å². The second-order valence-corrected chi connectivity index (χ2v) is 13.7. The lowest BCUT2D eigenvalue weighted by Crippen LogP contribution is -2.21. The van der Waals surface area contributed by atoms with Crippen LogP contribution in [0.4, 0.5) is 0 Å². The summed E-state index contributed by atoms with van der Waals surface area (Å²) in [6, 6.07) is 0. The second-order valence-electron chi connectivity index (χ2n) is 8.72. The van der Waals surface area contributed by atoms with E-state index in [1.165, 1.54) is 56.1 Å². The van der Waals surface area contributed by atoms with E-state index in [2.05, 4.69) is 46.1 Å². The highest BCUT2D eigenvalue weighted by Crippen LogP contribution is 2.41. The highest BCUT2D eigenvalue weighted by Gasteiger charge is 2.32. The summed E-state index contributed by atoms with van der Waals surface area (Å²) in [5.74, 6) is 0.387. The smallest absolute Gasteiger partial charge is 0.0690 e. The molecule has 0 aromatic carbocycles. The van der Waals surface area contributed by atoms with Gasteiger partial charge in [0.2, 0.25) is 0 Å². The molecule has 1 saturated carbocycles. The number of aliphatic hydroxyl groups excluding tert-OH is 1. The molecule has 2 heteroatoms. The van der Waals surface area contributed by atoms with E-state index < -0.39 is 8.07 Å². The molecule has 1 aliphatic rings. The minimum atomic E-state index is -1.20. The van der Waals surface area contributed by atoms with Gasteiger partial charge < -0.3 is 5.11 Å². The molecule has 0 spiro atoms. The maximum Gasteiger partial charge on any atom is 0.0690 e. The molecule has 0 amide bonds. The van der Waals surface area contributed by atoms with Crippen molar-refractivity contribution in [3.63, 3.8) is 0 Å². The Hall–Kier alpha value is -0.343. The molecular weight excluding hydrogens is 296 g/mol. The number of unbranched alkanes of at least 4 members (excludes halogenated alkanes) is 5. The van der Waals surface area contributed by atoms with Gasteiger partial charge in [-0.25, -0.2) is 0 Å². The van der Waals surface area contributed by atoms with Crippen LogP contribution in [0.25, 0.3) is 0 Å². The zero-order chi connectivity index (χ0) is 17.5. The Bertz CT molecular complexity index is 410. The molecule has 0 aromatic rings. The van der Waals surface area contributed by atoms with Crippen LogP contribution in [0, 0.1) is 5.92 Å². The maximum absolute atomic E-state index is 10.7. The van der Waals surface area contributed by atoms with E-state index in [4.69, 9.17) is 0 Å². The van der Waals surface area contributed by atoms with Crippen molar-refractivity contribution in [2.75, 3.05) is 0 Å². The highest BCUT2D eigenvalue weighted by atomic mass is 28.3. The predicted molar refractivity (Wildman–Crippen MR) is 107 cm³/mol. The summed E-state index contributed by atoms with van der Waals surface area (Å²) in [6.45, 7) is 13.9. The summed E-state index contributed by atoms with van der Waals surface area (Å²) < 4.78 is 0. The lowest BCUT2D eigenvalue weighted by Gasteiger charge is -2.22. The summed E-state index contributed by atoms with van der Waals surface area (Å²) in [5, 5.41) is 10.7. The zero-order valence-electron chi connectivity index (χ0n) is 16.5. The quantitative estimate of drug-likeness (QED) is 0.369. The van der Waals surface area contributed by atoms with Gasteiger partial charge in [0.05, 0.1) is 14.2 Å². The van der Waals surface area contributed by atoms with Crippen LogP contribution in [-0.2, 0) is 0 Å². The topological polar surface area (TPSA) is 20.2 Å². The number of hydrogen-bond donors (Lipinski definition) is 1. The molecule has 0 unspecified atom stereocenters. The molecule has 1 N–H and O–H groups in total. The van der Waals surface area contributed by atoms with Crippen LogP contribution in [0.3, 0.4) is 0 Å². The van der Waals surface area contributed by atoms with E-state index in [9.17, 15) is 5.11 Å². The summed E-state index contributed by atoms with van der Waals surface area (Å²) in [5.41, 5.74) is 7.02. The Kier molecular flexibility index (Phi) is 8.85. The first-order valence-corrected chi connectivity index (χ1v) is 13.4. The minimum Gasteiger partial charge on any atom is -0.392 e. The first-order valence-electron chi connectivity index (χ1n) is 9.83. The molecule has 0 bridgehead atoms. The van der Waals surface area contributed by atoms with Gasteiger partial charge in [0.25, 0.3) is 0 Å². The standard InChI is InChI=1S/C21H40OSi/c1-7-8-9-10-11-12-13-20(22)19-15-14-18(16-23(4,5)6)21(19)17(2)3/h16,19-20,22H,7-15H2,1-6H3/b18-16+/t19-,20-/m0/s1.